The molecule has 6 heteroatoms. The van der Waals surface area contributed by atoms with Crippen LogP contribution >= 0.6 is 0 Å². The number of carboxylic acids is 1. The van der Waals surface area contributed by atoms with Gasteiger partial charge in [0.05, 0.1) is 11.1 Å². The van der Waals surface area contributed by atoms with Gasteiger partial charge in [0, 0.05) is 16.6 Å². The van der Waals surface area contributed by atoms with Gasteiger partial charge < -0.3 is 10.1 Å². The van der Waals surface area contributed by atoms with Gasteiger partial charge in [-0.2, -0.15) is 13.2 Å². The zero-order valence-corrected chi connectivity index (χ0v) is 11.1. The van der Waals surface area contributed by atoms with Crippen LogP contribution in [-0.2, 0) is 6.18 Å². The van der Waals surface area contributed by atoms with Crippen molar-refractivity contribution >= 4 is 16.9 Å². The van der Waals surface area contributed by atoms with E-state index in [-0.39, 0.29) is 5.56 Å². The van der Waals surface area contributed by atoms with E-state index in [4.69, 9.17) is 5.11 Å². The lowest BCUT2D eigenvalue weighted by Crippen LogP contribution is -2.04. The van der Waals surface area contributed by atoms with Gasteiger partial charge in [-0.15, -0.1) is 0 Å². The maximum Gasteiger partial charge on any atom is 0.416 e. The number of aromatic carboxylic acids is 1. The second-order valence-corrected chi connectivity index (χ2v) is 4.87. The summed E-state index contributed by atoms with van der Waals surface area (Å²) in [7, 11) is 0. The number of fused-ring (bicyclic) bond motifs is 1. The number of alkyl halides is 3. The monoisotopic (exact) mass is 305 g/mol. The molecule has 0 aliphatic heterocycles. The Hall–Kier alpha value is -2.76. The van der Waals surface area contributed by atoms with Gasteiger partial charge in [0.15, 0.2) is 0 Å². The fourth-order valence-corrected chi connectivity index (χ4v) is 2.28. The van der Waals surface area contributed by atoms with E-state index < -0.39 is 17.7 Å². The van der Waals surface area contributed by atoms with Crippen molar-refractivity contribution in [2.45, 2.75) is 6.18 Å². The number of carboxylic acid groups (broad SMARTS) is 1. The molecule has 1 heterocycles. The molecule has 3 aromatic rings. The molecule has 0 radical (unpaired) electrons. The lowest BCUT2D eigenvalue weighted by molar-refractivity contribution is -0.137. The predicted molar refractivity (Wildman–Crippen MR) is 75.7 cm³/mol. The van der Waals surface area contributed by atoms with Crippen LogP contribution in [0.3, 0.4) is 0 Å². The molecule has 2 N–H and O–H groups in total. The van der Waals surface area contributed by atoms with Gasteiger partial charge >= 0.3 is 12.1 Å². The van der Waals surface area contributed by atoms with E-state index in [1.165, 1.54) is 18.2 Å². The molecule has 0 fully saturated rings. The molecule has 0 unspecified atom stereocenters. The first kappa shape index (κ1) is 14.2. The summed E-state index contributed by atoms with van der Waals surface area (Å²) in [5, 5.41) is 9.59. The highest BCUT2D eigenvalue weighted by Crippen LogP contribution is 2.32. The number of carbonyl (C=O) groups is 1. The molecular formula is C16H10F3NO2. The Labute approximate surface area is 123 Å². The van der Waals surface area contributed by atoms with Gasteiger partial charge in [-0.3, -0.25) is 0 Å². The Balaban J connectivity index is 2.09. The average Bonchev–Trinajstić information content (AvgIpc) is 2.89. The first-order chi connectivity index (χ1) is 10.3. The minimum absolute atomic E-state index is 0.127. The van der Waals surface area contributed by atoms with Crippen LogP contribution < -0.4 is 0 Å². The quantitative estimate of drug-likeness (QED) is 0.729. The van der Waals surface area contributed by atoms with Crippen molar-refractivity contribution in [1.82, 2.24) is 4.98 Å². The van der Waals surface area contributed by atoms with Gasteiger partial charge in [0.25, 0.3) is 0 Å². The molecule has 0 aliphatic rings. The molecular weight excluding hydrogens is 295 g/mol. The highest BCUT2D eigenvalue weighted by Gasteiger charge is 2.30. The number of H-pyrrole nitrogens is 1. The SMILES string of the molecule is O=C(O)c1ccc2[nH]c(-c3cccc(C(F)(F)F)c3)cc2c1. The molecule has 22 heavy (non-hydrogen) atoms. The second-order valence-electron chi connectivity index (χ2n) is 4.87. The minimum atomic E-state index is -4.40. The van der Waals surface area contributed by atoms with Crippen LogP contribution in [0.15, 0.2) is 48.5 Å². The minimum Gasteiger partial charge on any atom is -0.478 e. The van der Waals surface area contributed by atoms with Crippen LogP contribution in [0.1, 0.15) is 15.9 Å². The van der Waals surface area contributed by atoms with E-state index in [9.17, 15) is 18.0 Å². The normalized spacial score (nSPS) is 11.8. The topological polar surface area (TPSA) is 53.1 Å². The summed E-state index contributed by atoms with van der Waals surface area (Å²) in [6.07, 6.45) is -4.40. The number of benzene rings is 2. The van der Waals surface area contributed by atoms with Crippen molar-refractivity contribution in [2.75, 3.05) is 0 Å². The highest BCUT2D eigenvalue weighted by atomic mass is 19.4. The average molecular weight is 305 g/mol. The molecule has 0 spiro atoms. The third kappa shape index (κ3) is 2.55. The second kappa shape index (κ2) is 4.91. The summed E-state index contributed by atoms with van der Waals surface area (Å²) in [4.78, 5) is 13.9. The molecule has 0 saturated heterocycles. The Morgan fingerprint density at radius 1 is 1.05 bits per heavy atom. The third-order valence-electron chi connectivity index (χ3n) is 3.37. The fraction of sp³-hybridized carbons (Fsp3) is 0.0625. The van der Waals surface area contributed by atoms with Gasteiger partial charge in [-0.1, -0.05) is 12.1 Å². The number of halogens is 3. The molecule has 0 amide bonds. The molecule has 3 rings (SSSR count). The van der Waals surface area contributed by atoms with Gasteiger partial charge in [-0.05, 0) is 42.0 Å². The first-order valence-corrected chi connectivity index (χ1v) is 6.38. The van der Waals surface area contributed by atoms with E-state index in [2.05, 4.69) is 4.98 Å². The first-order valence-electron chi connectivity index (χ1n) is 6.38. The van der Waals surface area contributed by atoms with Crippen LogP contribution in [0.5, 0.6) is 0 Å². The molecule has 0 aliphatic carbocycles. The number of hydrogen-bond acceptors (Lipinski definition) is 1. The van der Waals surface area contributed by atoms with Crippen LogP contribution in [-0.4, -0.2) is 16.1 Å². The van der Waals surface area contributed by atoms with Crippen LogP contribution in [0.4, 0.5) is 13.2 Å². The molecule has 2 aromatic carbocycles. The van der Waals surface area contributed by atoms with Crippen molar-refractivity contribution in [3.63, 3.8) is 0 Å². The van der Waals surface area contributed by atoms with E-state index in [1.54, 1.807) is 18.2 Å². The van der Waals surface area contributed by atoms with Crippen LogP contribution in [0, 0.1) is 0 Å². The summed E-state index contributed by atoms with van der Waals surface area (Å²) in [5.41, 5.74) is 0.959. The Bertz CT molecular complexity index is 865. The molecule has 112 valence electrons. The van der Waals surface area contributed by atoms with Crippen LogP contribution in [0.25, 0.3) is 22.2 Å². The van der Waals surface area contributed by atoms with E-state index in [0.717, 1.165) is 12.1 Å². The van der Waals surface area contributed by atoms with Crippen molar-refractivity contribution in [1.29, 1.82) is 0 Å². The van der Waals surface area contributed by atoms with Gasteiger partial charge in [0.1, 0.15) is 0 Å². The van der Waals surface area contributed by atoms with Gasteiger partial charge in [0.2, 0.25) is 0 Å². The van der Waals surface area contributed by atoms with E-state index in [1.807, 2.05) is 0 Å². The van der Waals surface area contributed by atoms with Crippen molar-refractivity contribution in [3.8, 4) is 11.3 Å². The standard InChI is InChI=1S/C16H10F3NO2/c17-16(18,19)12-3-1-2-9(7-12)14-8-11-6-10(15(21)22)4-5-13(11)20-14/h1-8,20H,(H,21,22). The molecule has 0 bridgehead atoms. The summed E-state index contributed by atoms with van der Waals surface area (Å²) in [5.74, 6) is -1.05. The molecule has 0 saturated carbocycles. The van der Waals surface area contributed by atoms with Gasteiger partial charge in [-0.25, -0.2) is 4.79 Å². The van der Waals surface area contributed by atoms with Crippen molar-refractivity contribution in [3.05, 3.63) is 59.7 Å². The maximum absolute atomic E-state index is 12.8. The predicted octanol–water partition coefficient (Wildman–Crippen LogP) is 4.55. The molecule has 0 atom stereocenters. The lowest BCUT2D eigenvalue weighted by atomic mass is 10.1. The summed E-state index contributed by atoms with van der Waals surface area (Å²) in [6, 6.07) is 11.1. The van der Waals surface area contributed by atoms with E-state index >= 15 is 0 Å². The smallest absolute Gasteiger partial charge is 0.416 e. The zero-order chi connectivity index (χ0) is 15.9. The maximum atomic E-state index is 12.8. The van der Waals surface area contributed by atoms with Crippen molar-refractivity contribution in [2.24, 2.45) is 0 Å². The largest absolute Gasteiger partial charge is 0.478 e. The number of rotatable bonds is 2. The van der Waals surface area contributed by atoms with Crippen LogP contribution in [0.2, 0.25) is 0 Å². The molecule has 1 aromatic heterocycles. The highest BCUT2D eigenvalue weighted by molar-refractivity contribution is 5.95. The van der Waals surface area contributed by atoms with E-state index in [0.29, 0.717) is 22.2 Å². The summed E-state index contributed by atoms with van der Waals surface area (Å²) < 4.78 is 38.3. The Kier molecular flexibility index (Phi) is 3.16. The summed E-state index contributed by atoms with van der Waals surface area (Å²) in [6.45, 7) is 0. The number of hydrogen-bond donors (Lipinski definition) is 2. The number of aromatic nitrogens is 1. The Morgan fingerprint density at radius 2 is 1.82 bits per heavy atom. The number of aromatic amines is 1. The fourth-order valence-electron chi connectivity index (χ4n) is 2.28. The summed E-state index contributed by atoms with van der Waals surface area (Å²) >= 11 is 0. The third-order valence-corrected chi connectivity index (χ3v) is 3.37. The number of nitrogens with one attached hydrogen (secondary N) is 1. The van der Waals surface area contributed by atoms with Crippen molar-refractivity contribution < 1.29 is 23.1 Å². The zero-order valence-electron chi connectivity index (χ0n) is 11.1. The molecule has 3 nitrogen and oxygen atoms in total. The lowest BCUT2D eigenvalue weighted by Gasteiger charge is -2.07. The Morgan fingerprint density at radius 3 is 2.50 bits per heavy atom.